The Morgan fingerprint density at radius 1 is 1.47 bits per heavy atom. The van der Waals surface area contributed by atoms with Crippen LogP contribution < -0.4 is 10.1 Å². The van der Waals surface area contributed by atoms with Crippen LogP contribution >= 0.6 is 0 Å². The number of anilines is 1. The summed E-state index contributed by atoms with van der Waals surface area (Å²) in [4.78, 5) is 11.0. The number of carbonyl (C=O) groups excluding carboxylic acids is 1. The van der Waals surface area contributed by atoms with Gasteiger partial charge in [0.1, 0.15) is 6.61 Å². The van der Waals surface area contributed by atoms with Crippen LogP contribution in [0.2, 0.25) is 0 Å². The van der Waals surface area contributed by atoms with E-state index in [4.69, 9.17) is 4.74 Å². The van der Waals surface area contributed by atoms with E-state index in [0.29, 0.717) is 6.61 Å². The minimum absolute atomic E-state index is 0.0812. The topological polar surface area (TPSA) is 56.1 Å². The van der Waals surface area contributed by atoms with Gasteiger partial charge in [-0.05, 0) is 24.6 Å². The van der Waals surface area contributed by atoms with Gasteiger partial charge in [0.15, 0.2) is 5.75 Å². The van der Waals surface area contributed by atoms with Gasteiger partial charge in [-0.25, -0.2) is 0 Å². The molecular weight excluding hydrogens is 242 g/mol. The molecule has 0 radical (unpaired) electrons. The number of carbonyl (C=O) groups is 1. The van der Waals surface area contributed by atoms with E-state index in [0.717, 1.165) is 23.5 Å². The summed E-state index contributed by atoms with van der Waals surface area (Å²) in [5.41, 5.74) is 1.77. The first-order valence-corrected chi connectivity index (χ1v) is 6.19. The quantitative estimate of drug-likeness (QED) is 0.897. The number of hydrogen-bond donors (Lipinski definition) is 1. The van der Waals surface area contributed by atoms with Crippen molar-refractivity contribution in [2.75, 3.05) is 5.32 Å². The van der Waals surface area contributed by atoms with Crippen LogP contribution in [0.15, 0.2) is 36.7 Å². The van der Waals surface area contributed by atoms with Crippen LogP contribution in [-0.4, -0.2) is 15.7 Å². The Bertz CT molecular complexity index is 563. The molecule has 0 aliphatic rings. The minimum atomic E-state index is -0.0812. The standard InChI is InChI=1S/C14H17N3O2/c1-3-17-9-14(8-15-17)19-10-12-5-4-6-13(7-12)16-11(2)18/h4-9H,3,10H2,1-2H3,(H,16,18). The highest BCUT2D eigenvalue weighted by atomic mass is 16.5. The van der Waals surface area contributed by atoms with Crippen LogP contribution in [0.25, 0.3) is 0 Å². The molecule has 1 amide bonds. The summed E-state index contributed by atoms with van der Waals surface area (Å²) in [6, 6.07) is 7.58. The van der Waals surface area contributed by atoms with Crippen LogP contribution in [-0.2, 0) is 17.9 Å². The van der Waals surface area contributed by atoms with E-state index in [1.165, 1.54) is 6.92 Å². The zero-order valence-corrected chi connectivity index (χ0v) is 11.1. The van der Waals surface area contributed by atoms with Gasteiger partial charge in [-0.1, -0.05) is 12.1 Å². The fraction of sp³-hybridized carbons (Fsp3) is 0.286. The summed E-state index contributed by atoms with van der Waals surface area (Å²) < 4.78 is 7.45. The van der Waals surface area contributed by atoms with E-state index in [9.17, 15) is 4.79 Å². The predicted molar refractivity (Wildman–Crippen MR) is 73.0 cm³/mol. The number of aryl methyl sites for hydroxylation is 1. The summed E-state index contributed by atoms with van der Waals surface area (Å²) in [5.74, 6) is 0.661. The molecule has 0 aliphatic heterocycles. The molecule has 0 aliphatic carbocycles. The van der Waals surface area contributed by atoms with Crippen molar-refractivity contribution in [1.82, 2.24) is 9.78 Å². The summed E-state index contributed by atoms with van der Waals surface area (Å²) in [5, 5.41) is 6.88. The molecule has 0 bridgehead atoms. The van der Waals surface area contributed by atoms with E-state index in [1.807, 2.05) is 42.1 Å². The van der Waals surface area contributed by atoms with Crippen molar-refractivity contribution in [2.24, 2.45) is 0 Å². The summed E-state index contributed by atoms with van der Waals surface area (Å²) in [7, 11) is 0. The van der Waals surface area contributed by atoms with Crippen LogP contribution in [0.1, 0.15) is 19.4 Å². The third kappa shape index (κ3) is 3.84. The molecule has 2 aromatic rings. The lowest BCUT2D eigenvalue weighted by molar-refractivity contribution is -0.114. The highest BCUT2D eigenvalue weighted by Crippen LogP contribution is 2.14. The van der Waals surface area contributed by atoms with Gasteiger partial charge in [0.05, 0.1) is 12.4 Å². The first kappa shape index (κ1) is 13.1. The number of rotatable bonds is 5. The monoisotopic (exact) mass is 259 g/mol. The predicted octanol–water partition coefficient (Wildman–Crippen LogP) is 2.44. The van der Waals surface area contributed by atoms with Crippen molar-refractivity contribution in [3.8, 4) is 5.75 Å². The van der Waals surface area contributed by atoms with E-state index in [1.54, 1.807) is 6.20 Å². The number of amides is 1. The lowest BCUT2D eigenvalue weighted by Crippen LogP contribution is -2.06. The van der Waals surface area contributed by atoms with Crippen molar-refractivity contribution in [1.29, 1.82) is 0 Å². The fourth-order valence-electron chi connectivity index (χ4n) is 1.70. The molecule has 0 spiro atoms. The average Bonchev–Trinajstić information content (AvgIpc) is 2.84. The van der Waals surface area contributed by atoms with Gasteiger partial charge in [0.25, 0.3) is 0 Å². The smallest absolute Gasteiger partial charge is 0.221 e. The Morgan fingerprint density at radius 2 is 2.32 bits per heavy atom. The Morgan fingerprint density at radius 3 is 3.00 bits per heavy atom. The van der Waals surface area contributed by atoms with Crippen LogP contribution in [0, 0.1) is 0 Å². The minimum Gasteiger partial charge on any atom is -0.486 e. The number of benzene rings is 1. The molecule has 1 aromatic heterocycles. The zero-order chi connectivity index (χ0) is 13.7. The third-order valence-corrected chi connectivity index (χ3v) is 2.59. The molecule has 1 heterocycles. The second kappa shape index (κ2) is 6.04. The van der Waals surface area contributed by atoms with Crippen LogP contribution in [0.5, 0.6) is 5.75 Å². The van der Waals surface area contributed by atoms with Crippen LogP contribution in [0.4, 0.5) is 5.69 Å². The van der Waals surface area contributed by atoms with Crippen molar-refractivity contribution in [3.05, 3.63) is 42.2 Å². The van der Waals surface area contributed by atoms with Crippen molar-refractivity contribution in [2.45, 2.75) is 27.0 Å². The van der Waals surface area contributed by atoms with E-state index >= 15 is 0 Å². The van der Waals surface area contributed by atoms with Crippen molar-refractivity contribution < 1.29 is 9.53 Å². The van der Waals surface area contributed by atoms with E-state index < -0.39 is 0 Å². The molecule has 0 fully saturated rings. The normalized spacial score (nSPS) is 10.2. The highest BCUT2D eigenvalue weighted by molar-refractivity contribution is 5.88. The van der Waals surface area contributed by atoms with Crippen molar-refractivity contribution >= 4 is 11.6 Å². The number of nitrogens with zero attached hydrogens (tertiary/aromatic N) is 2. The molecule has 0 saturated carbocycles. The maximum atomic E-state index is 11.0. The summed E-state index contributed by atoms with van der Waals surface area (Å²) in [6.45, 7) is 4.78. The van der Waals surface area contributed by atoms with Gasteiger partial charge in [-0.3, -0.25) is 9.48 Å². The third-order valence-electron chi connectivity index (χ3n) is 2.59. The molecule has 1 aromatic carbocycles. The lowest BCUT2D eigenvalue weighted by atomic mass is 10.2. The Hall–Kier alpha value is -2.30. The Balaban J connectivity index is 1.97. The molecule has 1 N–H and O–H groups in total. The van der Waals surface area contributed by atoms with Crippen LogP contribution in [0.3, 0.4) is 0 Å². The molecule has 0 unspecified atom stereocenters. The number of hydrogen-bond acceptors (Lipinski definition) is 3. The second-order valence-electron chi connectivity index (χ2n) is 4.20. The molecule has 5 heteroatoms. The van der Waals surface area contributed by atoms with Gasteiger partial charge in [-0.2, -0.15) is 5.10 Å². The zero-order valence-electron chi connectivity index (χ0n) is 11.1. The molecule has 100 valence electrons. The first-order valence-electron chi connectivity index (χ1n) is 6.19. The highest BCUT2D eigenvalue weighted by Gasteiger charge is 2.01. The Kier molecular flexibility index (Phi) is 4.18. The largest absolute Gasteiger partial charge is 0.486 e. The maximum Gasteiger partial charge on any atom is 0.221 e. The summed E-state index contributed by atoms with van der Waals surface area (Å²) in [6.07, 6.45) is 3.55. The van der Waals surface area contributed by atoms with Gasteiger partial charge in [-0.15, -0.1) is 0 Å². The van der Waals surface area contributed by atoms with Crippen molar-refractivity contribution in [3.63, 3.8) is 0 Å². The number of ether oxygens (including phenoxy) is 1. The molecular formula is C14H17N3O2. The average molecular weight is 259 g/mol. The first-order chi connectivity index (χ1) is 9.17. The molecule has 0 atom stereocenters. The van der Waals surface area contributed by atoms with E-state index in [2.05, 4.69) is 10.4 Å². The molecule has 5 nitrogen and oxygen atoms in total. The Labute approximate surface area is 112 Å². The maximum absolute atomic E-state index is 11.0. The molecule has 2 rings (SSSR count). The molecule has 0 saturated heterocycles. The number of nitrogens with one attached hydrogen (secondary N) is 1. The van der Waals surface area contributed by atoms with Gasteiger partial charge < -0.3 is 10.1 Å². The van der Waals surface area contributed by atoms with E-state index in [-0.39, 0.29) is 5.91 Å². The van der Waals surface area contributed by atoms with Gasteiger partial charge in [0, 0.05) is 19.2 Å². The van der Waals surface area contributed by atoms with Gasteiger partial charge in [0.2, 0.25) is 5.91 Å². The van der Waals surface area contributed by atoms with Gasteiger partial charge >= 0.3 is 0 Å². The molecule has 19 heavy (non-hydrogen) atoms. The fourth-order valence-corrected chi connectivity index (χ4v) is 1.70. The second-order valence-corrected chi connectivity index (χ2v) is 4.20. The number of aromatic nitrogens is 2. The SMILES string of the molecule is CCn1cc(OCc2cccc(NC(C)=O)c2)cn1. The lowest BCUT2D eigenvalue weighted by Gasteiger charge is -2.06. The summed E-state index contributed by atoms with van der Waals surface area (Å²) >= 11 is 0.